The summed E-state index contributed by atoms with van der Waals surface area (Å²) in [5.41, 5.74) is 0.826. The zero-order valence-corrected chi connectivity index (χ0v) is 18.3. The summed E-state index contributed by atoms with van der Waals surface area (Å²) in [6.07, 6.45) is 3.01. The molecule has 1 aliphatic carbocycles. The first-order valence-electron chi connectivity index (χ1n) is 12.4. The van der Waals surface area contributed by atoms with Gasteiger partial charge in [0.25, 0.3) is 0 Å². The van der Waals surface area contributed by atoms with Crippen LogP contribution in [-0.2, 0) is 14.8 Å². The molecule has 0 bridgehead atoms. The largest absolute Gasteiger partial charge is 0.380 e. The zero-order chi connectivity index (χ0) is 26.3. The van der Waals surface area contributed by atoms with Crippen LogP contribution >= 0.6 is 0 Å². The van der Waals surface area contributed by atoms with Crippen LogP contribution in [0.5, 0.6) is 0 Å². The van der Waals surface area contributed by atoms with Gasteiger partial charge < -0.3 is 16.0 Å². The minimum absolute atomic E-state index is 0.00969. The number of sulfonamides is 1. The first kappa shape index (κ1) is 17.8. The number of aromatic nitrogens is 1. The van der Waals surface area contributed by atoms with Gasteiger partial charge in [-0.3, -0.25) is 4.79 Å². The normalized spacial score (nSPS) is 26.6. The highest BCUT2D eigenvalue weighted by Gasteiger charge is 2.30. The van der Waals surface area contributed by atoms with E-state index in [-0.39, 0.29) is 46.1 Å². The summed E-state index contributed by atoms with van der Waals surface area (Å²) in [7, 11) is -3.98. The Morgan fingerprint density at radius 3 is 2.59 bits per heavy atom. The van der Waals surface area contributed by atoms with Crippen LogP contribution in [0.4, 0.5) is 15.9 Å². The molecule has 0 radical (unpaired) electrons. The standard InChI is InChI=1S/C22H28FN5O3S/c1-14(15-2-6-17(23)7-3-15)27-22(29)16-4-8-18(9-5-16)28-32(30,31)19-12-20-21(26-13-19)25-11-10-24-20/h2-3,6-7,12-14,16,18,24,28H,4-5,8-11H2,1H3,(H,25,26)(H,27,29)/t14-,16?,18?/m1/s1/i10D2,11D2. The lowest BCUT2D eigenvalue weighted by molar-refractivity contribution is -0.126. The minimum Gasteiger partial charge on any atom is -0.380 e. The number of hydrogen-bond acceptors (Lipinski definition) is 6. The smallest absolute Gasteiger partial charge is 0.242 e. The molecule has 8 nitrogen and oxygen atoms in total. The molecule has 1 aromatic heterocycles. The second kappa shape index (κ2) is 9.41. The van der Waals surface area contributed by atoms with Crippen molar-refractivity contribution in [3.8, 4) is 0 Å². The van der Waals surface area contributed by atoms with Crippen LogP contribution in [0.2, 0.25) is 0 Å². The number of hydrogen-bond donors (Lipinski definition) is 4. The lowest BCUT2D eigenvalue weighted by Gasteiger charge is -2.29. The molecule has 1 aliphatic heterocycles. The van der Waals surface area contributed by atoms with E-state index in [1.54, 1.807) is 12.1 Å². The fourth-order valence-electron chi connectivity index (χ4n) is 3.90. The molecule has 4 N–H and O–H groups in total. The van der Waals surface area contributed by atoms with Crippen LogP contribution in [0.15, 0.2) is 41.4 Å². The van der Waals surface area contributed by atoms with Crippen LogP contribution in [-0.4, -0.2) is 38.3 Å². The van der Waals surface area contributed by atoms with Gasteiger partial charge in [-0.25, -0.2) is 22.5 Å². The molecule has 2 aliphatic rings. The summed E-state index contributed by atoms with van der Waals surface area (Å²) in [6.45, 7) is -3.10. The summed E-state index contributed by atoms with van der Waals surface area (Å²) in [5, 5.41) is 7.65. The van der Waals surface area contributed by atoms with Crippen molar-refractivity contribution in [2.75, 3.05) is 23.6 Å². The number of rotatable bonds is 6. The molecule has 10 heteroatoms. The molecular weight excluding hydrogens is 433 g/mol. The number of nitrogens with one attached hydrogen (secondary N) is 4. The molecule has 1 fully saturated rings. The van der Waals surface area contributed by atoms with Gasteiger partial charge in [0, 0.05) is 31.2 Å². The van der Waals surface area contributed by atoms with Gasteiger partial charge in [0.05, 0.1) is 17.2 Å². The van der Waals surface area contributed by atoms with Gasteiger partial charge in [0.15, 0.2) is 0 Å². The maximum absolute atomic E-state index is 13.1. The lowest BCUT2D eigenvalue weighted by atomic mass is 9.85. The second-order valence-corrected chi connectivity index (χ2v) is 9.73. The highest BCUT2D eigenvalue weighted by molar-refractivity contribution is 7.89. The summed E-state index contributed by atoms with van der Waals surface area (Å²) < 4.78 is 72.8. The number of carbonyl (C=O) groups excluding carboxylic acids is 1. The maximum Gasteiger partial charge on any atom is 0.242 e. The van der Waals surface area contributed by atoms with Gasteiger partial charge in [-0.2, -0.15) is 0 Å². The van der Waals surface area contributed by atoms with Crippen LogP contribution < -0.4 is 20.7 Å². The molecule has 0 spiro atoms. The molecule has 2 heterocycles. The van der Waals surface area contributed by atoms with Crippen molar-refractivity contribution in [3.05, 3.63) is 47.9 Å². The molecule has 0 saturated heterocycles. The number of carbonyl (C=O) groups is 1. The Morgan fingerprint density at radius 2 is 1.88 bits per heavy atom. The predicted octanol–water partition coefficient (Wildman–Crippen LogP) is 2.77. The molecule has 2 aromatic rings. The van der Waals surface area contributed by atoms with Crippen molar-refractivity contribution in [2.24, 2.45) is 5.92 Å². The maximum atomic E-state index is 13.1. The lowest BCUT2D eigenvalue weighted by Crippen LogP contribution is -2.41. The number of halogens is 1. The Balaban J connectivity index is 1.34. The Morgan fingerprint density at radius 1 is 1.19 bits per heavy atom. The molecule has 1 aromatic carbocycles. The number of nitrogens with zero attached hydrogens (tertiary/aromatic N) is 1. The third-order valence-electron chi connectivity index (χ3n) is 5.76. The van der Waals surface area contributed by atoms with E-state index < -0.39 is 23.0 Å². The van der Waals surface area contributed by atoms with Crippen LogP contribution in [0.25, 0.3) is 0 Å². The Labute approximate surface area is 193 Å². The van der Waals surface area contributed by atoms with Crippen molar-refractivity contribution in [3.63, 3.8) is 0 Å². The molecule has 1 atom stereocenters. The topological polar surface area (TPSA) is 112 Å². The first-order valence-corrected chi connectivity index (χ1v) is 11.9. The van der Waals surface area contributed by atoms with E-state index in [2.05, 4.69) is 25.7 Å². The first-order chi connectivity index (χ1) is 16.8. The Bertz CT molecular complexity index is 1240. The number of anilines is 2. The number of benzene rings is 1. The van der Waals surface area contributed by atoms with Crippen molar-refractivity contribution in [2.45, 2.75) is 49.6 Å². The van der Waals surface area contributed by atoms with E-state index in [9.17, 15) is 17.6 Å². The molecular formula is C22H28FN5O3S. The average molecular weight is 466 g/mol. The molecule has 172 valence electrons. The SMILES string of the molecule is [2H]C1([2H])Nc2cc(S(=O)(=O)NC3CCC(C(=O)N[C@H](C)c4ccc(F)cc4)CC3)cnc2NC1([2H])[2H]. The van der Waals surface area contributed by atoms with E-state index in [4.69, 9.17) is 5.48 Å². The average Bonchev–Trinajstić information content (AvgIpc) is 2.79. The van der Waals surface area contributed by atoms with E-state index in [1.165, 1.54) is 18.2 Å². The zero-order valence-electron chi connectivity index (χ0n) is 21.5. The molecule has 1 saturated carbocycles. The molecule has 0 unspecified atom stereocenters. The second-order valence-electron chi connectivity index (χ2n) is 8.02. The Kier molecular flexibility index (Phi) is 5.23. The predicted molar refractivity (Wildman–Crippen MR) is 120 cm³/mol. The molecule has 4 rings (SSSR count). The van der Waals surface area contributed by atoms with Crippen LogP contribution in [0, 0.1) is 11.7 Å². The number of pyridine rings is 1. The van der Waals surface area contributed by atoms with E-state index in [0.717, 1.165) is 11.8 Å². The van der Waals surface area contributed by atoms with Crippen molar-refractivity contribution in [1.82, 2.24) is 15.0 Å². The van der Waals surface area contributed by atoms with Gasteiger partial charge >= 0.3 is 0 Å². The monoisotopic (exact) mass is 465 g/mol. The Hall–Kier alpha value is -2.72. The van der Waals surface area contributed by atoms with Crippen molar-refractivity contribution >= 4 is 27.4 Å². The summed E-state index contributed by atoms with van der Waals surface area (Å²) in [5.74, 6) is -0.720. The fraction of sp³-hybridized carbons (Fsp3) is 0.455. The van der Waals surface area contributed by atoms with E-state index >= 15 is 0 Å². The van der Waals surface area contributed by atoms with Crippen LogP contribution in [0.1, 0.15) is 49.7 Å². The molecule has 1 amide bonds. The number of fused-ring (bicyclic) bond motifs is 1. The van der Waals surface area contributed by atoms with Gasteiger partial charge in [0.1, 0.15) is 16.5 Å². The van der Waals surface area contributed by atoms with E-state index in [0.29, 0.717) is 25.7 Å². The van der Waals surface area contributed by atoms with Gasteiger partial charge in [0.2, 0.25) is 15.9 Å². The highest BCUT2D eigenvalue weighted by atomic mass is 32.2. The number of amides is 1. The third-order valence-corrected chi connectivity index (χ3v) is 7.25. The van der Waals surface area contributed by atoms with Crippen molar-refractivity contribution < 1.29 is 23.1 Å². The highest BCUT2D eigenvalue weighted by Crippen LogP contribution is 2.28. The van der Waals surface area contributed by atoms with Gasteiger partial charge in [-0.05, 0) is 56.4 Å². The van der Waals surface area contributed by atoms with Crippen molar-refractivity contribution in [1.29, 1.82) is 0 Å². The summed E-state index contributed by atoms with van der Waals surface area (Å²) in [6, 6.07) is 6.48. The van der Waals surface area contributed by atoms with Gasteiger partial charge in [-0.15, -0.1) is 0 Å². The van der Waals surface area contributed by atoms with E-state index in [1.807, 2.05) is 6.92 Å². The van der Waals surface area contributed by atoms with Crippen LogP contribution in [0.3, 0.4) is 0 Å². The summed E-state index contributed by atoms with van der Waals surface area (Å²) >= 11 is 0. The summed E-state index contributed by atoms with van der Waals surface area (Å²) in [4.78, 5) is 16.5. The molecule has 32 heavy (non-hydrogen) atoms. The van der Waals surface area contributed by atoms with Gasteiger partial charge in [-0.1, -0.05) is 12.1 Å². The quantitative estimate of drug-likeness (QED) is 0.522. The third kappa shape index (κ3) is 5.18. The fourth-order valence-corrected chi connectivity index (χ4v) is 5.18. The minimum atomic E-state index is -3.98.